The first-order valence-electron chi connectivity index (χ1n) is 11.0. The second-order valence-electron chi connectivity index (χ2n) is 8.28. The Morgan fingerprint density at radius 2 is 1.71 bits per heavy atom. The Balaban J connectivity index is 1.27. The van der Waals surface area contributed by atoms with Crippen molar-refractivity contribution in [3.8, 4) is 5.75 Å². The lowest BCUT2D eigenvalue weighted by molar-refractivity contribution is 0.108. The minimum atomic E-state index is -0.805. The highest BCUT2D eigenvalue weighted by atomic mass is 35.5. The summed E-state index contributed by atoms with van der Waals surface area (Å²) in [7, 11) is 3.46. The van der Waals surface area contributed by atoms with Crippen LogP contribution >= 0.6 is 23.2 Å². The Kier molecular flexibility index (Phi) is 7.63. The molecule has 0 amide bonds. The quantitative estimate of drug-likeness (QED) is 0.329. The van der Waals surface area contributed by atoms with E-state index in [2.05, 4.69) is 5.32 Å². The van der Waals surface area contributed by atoms with Gasteiger partial charge in [0.2, 0.25) is 0 Å². The van der Waals surface area contributed by atoms with Gasteiger partial charge in [-0.05, 0) is 66.1 Å². The van der Waals surface area contributed by atoms with Crippen molar-refractivity contribution in [1.29, 1.82) is 0 Å². The fourth-order valence-corrected chi connectivity index (χ4v) is 4.39. The number of aliphatic hydroxyl groups excluding tert-OH is 1. The smallest absolute Gasteiger partial charge is 0.328 e. The summed E-state index contributed by atoms with van der Waals surface area (Å²) in [5.41, 5.74) is 4.40. The van der Waals surface area contributed by atoms with E-state index in [0.717, 1.165) is 41.7 Å². The van der Waals surface area contributed by atoms with Crippen molar-refractivity contribution >= 4 is 34.2 Å². The molecule has 6 nitrogen and oxygen atoms in total. The first-order chi connectivity index (χ1) is 16.3. The molecule has 2 N–H and O–H groups in total. The first-order valence-corrected chi connectivity index (χ1v) is 11.8. The van der Waals surface area contributed by atoms with Gasteiger partial charge in [-0.1, -0.05) is 47.5 Å². The predicted molar refractivity (Wildman–Crippen MR) is 137 cm³/mol. The van der Waals surface area contributed by atoms with E-state index in [1.54, 1.807) is 29.3 Å². The minimum Gasteiger partial charge on any atom is -0.491 e. The summed E-state index contributed by atoms with van der Waals surface area (Å²) in [5.74, 6) is 0.684. The maximum atomic E-state index is 12.1. The second kappa shape index (κ2) is 10.7. The third-order valence-corrected chi connectivity index (χ3v) is 6.51. The second-order valence-corrected chi connectivity index (χ2v) is 9.13. The van der Waals surface area contributed by atoms with E-state index < -0.39 is 6.10 Å². The van der Waals surface area contributed by atoms with Gasteiger partial charge in [-0.2, -0.15) is 0 Å². The third kappa shape index (κ3) is 5.47. The van der Waals surface area contributed by atoms with E-state index in [1.165, 1.54) is 0 Å². The topological polar surface area (TPSA) is 68.4 Å². The average molecular weight is 500 g/mol. The van der Waals surface area contributed by atoms with Gasteiger partial charge in [-0.3, -0.25) is 9.13 Å². The fraction of sp³-hybridized carbons (Fsp3) is 0.269. The van der Waals surface area contributed by atoms with Gasteiger partial charge in [0.1, 0.15) is 18.5 Å². The normalized spacial score (nSPS) is 12.3. The van der Waals surface area contributed by atoms with Crippen LogP contribution in [0.5, 0.6) is 5.75 Å². The molecule has 0 spiro atoms. The van der Waals surface area contributed by atoms with Gasteiger partial charge in [-0.25, -0.2) is 4.79 Å². The van der Waals surface area contributed by atoms with Crippen LogP contribution in [0.1, 0.15) is 22.8 Å². The summed E-state index contributed by atoms with van der Waals surface area (Å²) in [4.78, 5) is 12.1. The molecular formula is C26H27Cl2N3O3. The summed E-state index contributed by atoms with van der Waals surface area (Å²) in [6.45, 7) is 1.64. The summed E-state index contributed by atoms with van der Waals surface area (Å²) in [5, 5.41) is 15.3. The number of aryl methyl sites for hydroxylation is 2. The molecule has 1 aromatic heterocycles. The number of nitrogens with one attached hydrogen (secondary N) is 1. The molecule has 3 aromatic carbocycles. The summed E-state index contributed by atoms with van der Waals surface area (Å²) < 4.78 is 8.95. The number of rotatable bonds is 9. The fourth-order valence-electron chi connectivity index (χ4n) is 3.89. The van der Waals surface area contributed by atoms with Crippen LogP contribution in [0.3, 0.4) is 0 Å². The van der Waals surface area contributed by atoms with Crippen LogP contribution in [0.15, 0.2) is 65.5 Å². The number of fused-ring (bicyclic) bond motifs is 1. The van der Waals surface area contributed by atoms with E-state index >= 15 is 0 Å². The molecular weight excluding hydrogens is 473 g/mol. The number of aromatic nitrogens is 2. The standard InChI is InChI=1S/C26H27Cl2N3O3/c1-30-23-10-6-19(13-24(23)31(2)26(30)33)25(32)16-34-21-8-3-17(4-9-21)15-29-12-11-18-5-7-20(27)14-22(18)28/h3-10,13-14,25,29,32H,11-12,15-16H2,1-2H3/t25-/m0/s1. The van der Waals surface area contributed by atoms with Gasteiger partial charge in [0, 0.05) is 30.7 Å². The number of halogens is 2. The molecule has 0 radical (unpaired) electrons. The maximum absolute atomic E-state index is 12.1. The van der Waals surface area contributed by atoms with Crippen molar-refractivity contribution < 1.29 is 9.84 Å². The molecule has 0 saturated heterocycles. The number of hydrogen-bond donors (Lipinski definition) is 2. The highest BCUT2D eigenvalue weighted by Crippen LogP contribution is 2.22. The highest BCUT2D eigenvalue weighted by molar-refractivity contribution is 6.35. The van der Waals surface area contributed by atoms with E-state index in [4.69, 9.17) is 27.9 Å². The van der Waals surface area contributed by atoms with Crippen LogP contribution < -0.4 is 15.7 Å². The van der Waals surface area contributed by atoms with E-state index in [9.17, 15) is 9.90 Å². The van der Waals surface area contributed by atoms with Crippen LogP contribution in [0, 0.1) is 0 Å². The maximum Gasteiger partial charge on any atom is 0.328 e. The molecule has 0 aliphatic carbocycles. The SMILES string of the molecule is Cn1c(=O)n(C)c2cc([C@@H](O)COc3ccc(CNCCc4ccc(Cl)cc4Cl)cc3)ccc21. The Hall–Kier alpha value is -2.77. The molecule has 0 aliphatic rings. The molecule has 1 atom stereocenters. The molecule has 4 aromatic rings. The zero-order valence-electron chi connectivity index (χ0n) is 19.1. The van der Waals surface area contributed by atoms with Gasteiger partial charge in [-0.15, -0.1) is 0 Å². The van der Waals surface area contributed by atoms with E-state index in [1.807, 2.05) is 54.6 Å². The van der Waals surface area contributed by atoms with Crippen LogP contribution in [0.2, 0.25) is 10.0 Å². The van der Waals surface area contributed by atoms with Crippen molar-refractivity contribution in [3.63, 3.8) is 0 Å². The number of aliphatic hydroxyl groups is 1. The molecule has 0 fully saturated rings. The Morgan fingerprint density at radius 3 is 2.44 bits per heavy atom. The van der Waals surface area contributed by atoms with E-state index in [0.29, 0.717) is 21.4 Å². The van der Waals surface area contributed by atoms with Gasteiger partial charge in [0.15, 0.2) is 0 Å². The minimum absolute atomic E-state index is 0.0961. The summed E-state index contributed by atoms with van der Waals surface area (Å²) in [6.07, 6.45) is 0.0126. The van der Waals surface area contributed by atoms with Crippen LogP contribution in [-0.2, 0) is 27.1 Å². The molecule has 34 heavy (non-hydrogen) atoms. The Labute approximate surface area is 208 Å². The molecule has 178 valence electrons. The number of hydrogen-bond acceptors (Lipinski definition) is 4. The molecule has 0 saturated carbocycles. The Bertz CT molecular complexity index is 1350. The lowest BCUT2D eigenvalue weighted by Gasteiger charge is -2.14. The van der Waals surface area contributed by atoms with Gasteiger partial charge in [0.25, 0.3) is 0 Å². The highest BCUT2D eigenvalue weighted by Gasteiger charge is 2.13. The zero-order chi connectivity index (χ0) is 24.2. The van der Waals surface area contributed by atoms with Gasteiger partial charge < -0.3 is 15.2 Å². The van der Waals surface area contributed by atoms with Crippen LogP contribution in [0.4, 0.5) is 0 Å². The summed E-state index contributed by atoms with van der Waals surface area (Å²) in [6, 6.07) is 18.8. The van der Waals surface area contributed by atoms with Crippen molar-refractivity contribution in [1.82, 2.24) is 14.5 Å². The molecule has 0 unspecified atom stereocenters. The third-order valence-electron chi connectivity index (χ3n) is 5.93. The lowest BCUT2D eigenvalue weighted by Crippen LogP contribution is -2.19. The number of nitrogens with zero attached hydrogens (tertiary/aromatic N) is 2. The predicted octanol–water partition coefficient (Wildman–Crippen LogP) is 4.63. The van der Waals surface area contributed by atoms with Crippen molar-refractivity contribution in [2.45, 2.75) is 19.1 Å². The van der Waals surface area contributed by atoms with Crippen LogP contribution in [-0.4, -0.2) is 27.4 Å². The lowest BCUT2D eigenvalue weighted by atomic mass is 10.1. The van der Waals surface area contributed by atoms with Crippen LogP contribution in [0.25, 0.3) is 11.0 Å². The molecule has 0 bridgehead atoms. The zero-order valence-corrected chi connectivity index (χ0v) is 20.6. The largest absolute Gasteiger partial charge is 0.491 e. The number of imidazole rings is 1. The monoisotopic (exact) mass is 499 g/mol. The molecule has 8 heteroatoms. The average Bonchev–Trinajstić information content (AvgIpc) is 3.05. The number of benzene rings is 3. The summed E-state index contributed by atoms with van der Waals surface area (Å²) >= 11 is 12.2. The van der Waals surface area contributed by atoms with Crippen molar-refractivity contribution in [3.05, 3.63) is 97.9 Å². The van der Waals surface area contributed by atoms with Gasteiger partial charge in [0.05, 0.1) is 11.0 Å². The number of ether oxygens (including phenoxy) is 1. The Morgan fingerprint density at radius 1 is 0.971 bits per heavy atom. The van der Waals surface area contributed by atoms with E-state index in [-0.39, 0.29) is 12.3 Å². The molecule has 1 heterocycles. The molecule has 0 aliphatic heterocycles. The van der Waals surface area contributed by atoms with Gasteiger partial charge >= 0.3 is 5.69 Å². The molecule has 4 rings (SSSR count). The first kappa shape index (κ1) is 24.4. The van der Waals surface area contributed by atoms with Crippen molar-refractivity contribution in [2.24, 2.45) is 14.1 Å². The van der Waals surface area contributed by atoms with Crippen molar-refractivity contribution in [2.75, 3.05) is 13.2 Å².